The second-order valence-corrected chi connectivity index (χ2v) is 16.5. The zero-order valence-electron chi connectivity index (χ0n) is 33.5. The summed E-state index contributed by atoms with van der Waals surface area (Å²) in [6.45, 7) is 10.1. The van der Waals surface area contributed by atoms with E-state index in [0.717, 1.165) is 19.3 Å². The van der Waals surface area contributed by atoms with Gasteiger partial charge in [0.25, 0.3) is 0 Å². The van der Waals surface area contributed by atoms with Crippen LogP contribution in [0.1, 0.15) is 125 Å². The molecule has 0 aromatic rings. The van der Waals surface area contributed by atoms with E-state index >= 15 is 8.78 Å². The first-order valence-corrected chi connectivity index (χ1v) is 19.0. The number of halogens is 22. The summed E-state index contributed by atoms with van der Waals surface area (Å²) in [5.74, 6) is -75.9. The normalized spacial score (nSPS) is 15.2. The molecular formula is C36H55F21IN. The Labute approximate surface area is 348 Å². The number of nitrogens with zero attached hydrogens (tertiary/aromatic N) is 1. The predicted molar refractivity (Wildman–Crippen MR) is 175 cm³/mol. The summed E-state index contributed by atoms with van der Waals surface area (Å²) in [5, 5.41) is 0. The quantitative estimate of drug-likeness (QED) is 0.0303. The fourth-order valence-corrected chi connectivity index (χ4v) is 6.33. The molecule has 0 rings (SSSR count). The molecule has 0 radical (unpaired) electrons. The molecule has 0 saturated carbocycles. The van der Waals surface area contributed by atoms with Crippen molar-refractivity contribution in [3.63, 3.8) is 0 Å². The first-order chi connectivity index (χ1) is 25.7. The number of quaternary nitrogens is 1. The minimum Gasteiger partial charge on any atom is -1.00 e. The third kappa shape index (κ3) is 13.4. The number of rotatable bonds is 29. The molecule has 358 valence electrons. The molecule has 0 fully saturated rings. The summed E-state index contributed by atoms with van der Waals surface area (Å²) in [4.78, 5) is 0. The van der Waals surface area contributed by atoms with Gasteiger partial charge in [-0.25, -0.2) is 0 Å². The van der Waals surface area contributed by atoms with E-state index < -0.39 is 76.9 Å². The predicted octanol–water partition coefficient (Wildman–Crippen LogP) is 12.1. The maximum absolute atomic E-state index is 15.3. The molecule has 0 atom stereocenters. The Balaban J connectivity index is 0. The topological polar surface area (TPSA) is 0 Å². The SMILES string of the molecule is CC(C)CCCCC[N+](CCCCCC(C)C)(CCCCCC(C)C)CCC(F)(F)C(F)(F)C(F)(F)C(F)(F)C(F)(F)C(F)(F)C(F)(F)C(F)(F)C(F)(F)C(F)(F)F.[I-]. The molecule has 0 aromatic heterocycles. The molecule has 0 amide bonds. The van der Waals surface area contributed by atoms with Crippen LogP contribution in [0.4, 0.5) is 92.2 Å². The highest BCUT2D eigenvalue weighted by molar-refractivity contribution is 5.18. The van der Waals surface area contributed by atoms with E-state index in [1.54, 1.807) is 0 Å². The van der Waals surface area contributed by atoms with Crippen molar-refractivity contribution in [1.29, 1.82) is 0 Å². The lowest BCUT2D eigenvalue weighted by Gasteiger charge is -2.45. The molecule has 0 spiro atoms. The van der Waals surface area contributed by atoms with E-state index in [1.807, 2.05) is 41.5 Å². The van der Waals surface area contributed by atoms with Gasteiger partial charge in [-0.1, -0.05) is 80.1 Å². The molecule has 0 aliphatic carbocycles. The molecule has 0 N–H and O–H groups in total. The van der Waals surface area contributed by atoms with E-state index in [0.29, 0.717) is 38.5 Å². The van der Waals surface area contributed by atoms with Crippen LogP contribution < -0.4 is 24.0 Å². The average molecular weight is 1030 g/mol. The Morgan fingerprint density at radius 2 is 0.542 bits per heavy atom. The average Bonchev–Trinajstić information content (AvgIpc) is 3.05. The van der Waals surface area contributed by atoms with Gasteiger partial charge in [-0.3, -0.25) is 0 Å². The van der Waals surface area contributed by atoms with Crippen molar-refractivity contribution in [2.45, 2.75) is 184 Å². The summed E-state index contributed by atoms with van der Waals surface area (Å²) in [6.07, 6.45) is -4.33. The Bertz CT molecular complexity index is 1170. The summed E-state index contributed by atoms with van der Waals surface area (Å²) < 4.78 is 294. The highest BCUT2D eigenvalue weighted by Gasteiger charge is 2.97. The first-order valence-electron chi connectivity index (χ1n) is 19.0. The third-order valence-corrected chi connectivity index (χ3v) is 10.2. The van der Waals surface area contributed by atoms with Gasteiger partial charge in [0.1, 0.15) is 0 Å². The van der Waals surface area contributed by atoms with Crippen molar-refractivity contribution in [3.05, 3.63) is 0 Å². The van der Waals surface area contributed by atoms with Gasteiger partial charge < -0.3 is 28.5 Å². The lowest BCUT2D eigenvalue weighted by molar-refractivity contribution is -0.930. The first kappa shape index (κ1) is 60.3. The Morgan fingerprint density at radius 1 is 0.305 bits per heavy atom. The van der Waals surface area contributed by atoms with E-state index in [1.165, 1.54) is 0 Å². The van der Waals surface area contributed by atoms with Crippen LogP contribution in [0, 0.1) is 17.8 Å². The zero-order chi connectivity index (χ0) is 46.3. The zero-order valence-corrected chi connectivity index (χ0v) is 35.7. The molecule has 0 heterocycles. The maximum atomic E-state index is 15.3. The fourth-order valence-electron chi connectivity index (χ4n) is 6.33. The van der Waals surface area contributed by atoms with Crippen LogP contribution in [0.25, 0.3) is 0 Å². The van der Waals surface area contributed by atoms with Crippen LogP contribution in [-0.2, 0) is 0 Å². The van der Waals surface area contributed by atoms with Crippen molar-refractivity contribution in [3.8, 4) is 0 Å². The van der Waals surface area contributed by atoms with Gasteiger partial charge in [0.05, 0.1) is 32.6 Å². The van der Waals surface area contributed by atoms with Crippen molar-refractivity contribution < 1.29 is 121 Å². The van der Waals surface area contributed by atoms with Gasteiger partial charge >= 0.3 is 59.5 Å². The Kier molecular flexibility index (Phi) is 22.2. The lowest BCUT2D eigenvalue weighted by Crippen LogP contribution is -3.00. The molecule has 0 aliphatic heterocycles. The van der Waals surface area contributed by atoms with Gasteiger partial charge in [-0.15, -0.1) is 0 Å². The summed E-state index contributed by atoms with van der Waals surface area (Å²) >= 11 is 0. The highest BCUT2D eigenvalue weighted by Crippen LogP contribution is 2.66. The summed E-state index contributed by atoms with van der Waals surface area (Å²) in [6, 6.07) is 0. The molecule has 0 unspecified atom stereocenters. The standard InChI is InChI=1S/C36H55F21N.HI/c1-24(2)16-10-7-13-20-58(21-14-8-11-17-25(3)4,22-15-9-12-18-26(5)6)23-19-27(37,38)28(39,40)29(41,42)30(43,44)31(45,46)32(47,48)33(49,50)34(51,52)35(53,54)36(55,56)57;/h24-26H,7-23H2,1-6H3;1H/q+1;/p-1. The molecule has 0 aliphatic rings. The number of alkyl halides is 21. The summed E-state index contributed by atoms with van der Waals surface area (Å²) in [7, 11) is 0. The van der Waals surface area contributed by atoms with Crippen LogP contribution >= 0.6 is 0 Å². The smallest absolute Gasteiger partial charge is 0.460 e. The van der Waals surface area contributed by atoms with Gasteiger partial charge in [-0.05, 0) is 56.3 Å². The molecule has 0 aromatic carbocycles. The molecule has 1 nitrogen and oxygen atoms in total. The van der Waals surface area contributed by atoms with Crippen LogP contribution in [0.5, 0.6) is 0 Å². The minimum absolute atomic E-state index is 0. The van der Waals surface area contributed by atoms with Gasteiger partial charge in [0.15, 0.2) is 0 Å². The second kappa shape index (κ2) is 21.7. The van der Waals surface area contributed by atoms with Gasteiger partial charge in [-0.2, -0.15) is 92.2 Å². The van der Waals surface area contributed by atoms with E-state index in [-0.39, 0.29) is 80.6 Å². The second-order valence-electron chi connectivity index (χ2n) is 16.5. The van der Waals surface area contributed by atoms with Crippen LogP contribution in [-0.4, -0.2) is 90.1 Å². The van der Waals surface area contributed by atoms with Gasteiger partial charge in [0.2, 0.25) is 0 Å². The Morgan fingerprint density at radius 3 is 0.780 bits per heavy atom. The maximum Gasteiger partial charge on any atom is 0.460 e. The van der Waals surface area contributed by atoms with Crippen LogP contribution in [0.15, 0.2) is 0 Å². The van der Waals surface area contributed by atoms with Crippen molar-refractivity contribution in [2.75, 3.05) is 26.2 Å². The number of unbranched alkanes of at least 4 members (excludes halogenated alkanes) is 6. The number of hydrogen-bond donors (Lipinski definition) is 0. The monoisotopic (exact) mass is 1030 g/mol. The fraction of sp³-hybridized carbons (Fsp3) is 1.00. The minimum atomic E-state index is -9.16. The van der Waals surface area contributed by atoms with E-state index in [2.05, 4.69) is 0 Å². The molecule has 59 heavy (non-hydrogen) atoms. The molecule has 0 saturated heterocycles. The van der Waals surface area contributed by atoms with Crippen LogP contribution in [0.2, 0.25) is 0 Å². The highest BCUT2D eigenvalue weighted by atomic mass is 127. The summed E-state index contributed by atoms with van der Waals surface area (Å²) in [5.41, 5.74) is 0. The largest absolute Gasteiger partial charge is 1.00 e. The van der Waals surface area contributed by atoms with Crippen molar-refractivity contribution >= 4 is 0 Å². The van der Waals surface area contributed by atoms with Crippen LogP contribution in [0.3, 0.4) is 0 Å². The Hall–Kier alpha value is -0.780. The molecular weight excluding hydrogens is 972 g/mol. The lowest BCUT2D eigenvalue weighted by atomic mass is 9.85. The van der Waals surface area contributed by atoms with Crippen molar-refractivity contribution in [2.24, 2.45) is 17.8 Å². The molecule has 0 bridgehead atoms. The third-order valence-electron chi connectivity index (χ3n) is 10.2. The van der Waals surface area contributed by atoms with Crippen molar-refractivity contribution in [1.82, 2.24) is 0 Å². The van der Waals surface area contributed by atoms with Gasteiger partial charge in [0, 0.05) is 0 Å². The van der Waals surface area contributed by atoms with E-state index in [9.17, 15) is 83.4 Å². The van der Waals surface area contributed by atoms with E-state index in [4.69, 9.17) is 0 Å². The number of hydrogen-bond acceptors (Lipinski definition) is 0. The molecule has 23 heteroatoms.